The van der Waals surface area contributed by atoms with Crippen LogP contribution < -0.4 is 15.2 Å². The van der Waals surface area contributed by atoms with Gasteiger partial charge in [0.2, 0.25) is 10.0 Å². The number of anilines is 1. The number of nitrogens with one attached hydrogen (secondary N) is 1. The molecular weight excluding hydrogens is 442 g/mol. The monoisotopic (exact) mass is 471 g/mol. The van der Waals surface area contributed by atoms with Gasteiger partial charge in [-0.3, -0.25) is 4.68 Å². The first-order valence-corrected chi connectivity index (χ1v) is 12.2. The summed E-state index contributed by atoms with van der Waals surface area (Å²) in [6.45, 7) is 5.69. The average Bonchev–Trinajstić information content (AvgIpc) is 3.26. The maximum Gasteiger partial charge on any atom is 0.263 e. The maximum atomic E-state index is 12.5. The molecule has 1 aliphatic heterocycles. The minimum atomic E-state index is -3.63. The number of sulfonamides is 1. The molecule has 3 aromatic rings. The fraction of sp³-hybridized carbons (Fsp3) is 0.409. The first kappa shape index (κ1) is 23.1. The highest BCUT2D eigenvalue weighted by Gasteiger charge is 2.21. The average molecular weight is 472 g/mol. The van der Waals surface area contributed by atoms with Gasteiger partial charge >= 0.3 is 0 Å². The number of aryl methyl sites for hydroxylation is 1. The molecule has 0 aliphatic carbocycles. The third kappa shape index (κ3) is 4.85. The van der Waals surface area contributed by atoms with Crippen LogP contribution in [0.2, 0.25) is 0 Å². The number of hydrogen-bond acceptors (Lipinski definition) is 8. The molecule has 0 bridgehead atoms. The zero-order valence-electron chi connectivity index (χ0n) is 19.2. The normalized spacial score (nSPS) is 15.6. The highest BCUT2D eigenvalue weighted by molar-refractivity contribution is 7.89. The van der Waals surface area contributed by atoms with Crippen LogP contribution in [0.3, 0.4) is 0 Å². The molecule has 11 heteroatoms. The van der Waals surface area contributed by atoms with Crippen LogP contribution in [0.4, 0.5) is 5.82 Å². The molecule has 3 N–H and O–H groups in total. The Hall–Kier alpha value is -3.02. The first-order valence-electron chi connectivity index (χ1n) is 10.8. The fourth-order valence-corrected chi connectivity index (χ4v) is 4.97. The number of rotatable bonds is 6. The van der Waals surface area contributed by atoms with Crippen molar-refractivity contribution in [3.05, 3.63) is 41.9 Å². The molecule has 33 heavy (non-hydrogen) atoms. The maximum absolute atomic E-state index is 12.5. The summed E-state index contributed by atoms with van der Waals surface area (Å²) < 4.78 is 35.1. The Morgan fingerprint density at radius 1 is 1.18 bits per heavy atom. The van der Waals surface area contributed by atoms with E-state index in [-0.39, 0.29) is 16.6 Å². The van der Waals surface area contributed by atoms with Crippen molar-refractivity contribution in [3.8, 4) is 22.9 Å². The topological polar surface area (TPSA) is 128 Å². The summed E-state index contributed by atoms with van der Waals surface area (Å²) in [5.74, 6) is 0.801. The Labute approximate surface area is 193 Å². The Bertz CT molecular complexity index is 1260. The Morgan fingerprint density at radius 3 is 2.61 bits per heavy atom. The van der Waals surface area contributed by atoms with Crippen molar-refractivity contribution in [2.24, 2.45) is 0 Å². The van der Waals surface area contributed by atoms with Gasteiger partial charge in [0.05, 0.1) is 35.2 Å². The minimum absolute atomic E-state index is 0.137. The van der Waals surface area contributed by atoms with E-state index in [1.165, 1.54) is 13.2 Å². The lowest BCUT2D eigenvalue weighted by atomic mass is 10.0. The summed E-state index contributed by atoms with van der Waals surface area (Å²) in [6.07, 6.45) is 7.04. The summed E-state index contributed by atoms with van der Waals surface area (Å²) >= 11 is 0. The SMILES string of the molecule is CNS(=O)(=O)c1cc(-c2cnc(N)c(Oc3cnn(C4CCN(C)CC4)c3)n2)cc(C)c1C. The van der Waals surface area contributed by atoms with Gasteiger partial charge in [-0.1, -0.05) is 0 Å². The molecule has 10 nitrogen and oxygen atoms in total. The number of piperidine rings is 1. The summed E-state index contributed by atoms with van der Waals surface area (Å²) in [6, 6.07) is 3.78. The minimum Gasteiger partial charge on any atom is -0.433 e. The summed E-state index contributed by atoms with van der Waals surface area (Å²) in [5, 5.41) is 4.45. The van der Waals surface area contributed by atoms with Crippen LogP contribution in [-0.2, 0) is 10.0 Å². The van der Waals surface area contributed by atoms with Crippen LogP contribution >= 0.6 is 0 Å². The number of ether oxygens (including phenoxy) is 1. The van der Waals surface area contributed by atoms with Crippen LogP contribution in [-0.4, -0.2) is 60.3 Å². The second kappa shape index (κ2) is 9.08. The number of nitrogen functional groups attached to an aromatic ring is 1. The van der Waals surface area contributed by atoms with Crippen molar-refractivity contribution >= 4 is 15.8 Å². The highest BCUT2D eigenvalue weighted by atomic mass is 32.2. The van der Waals surface area contributed by atoms with Crippen molar-refractivity contribution < 1.29 is 13.2 Å². The van der Waals surface area contributed by atoms with Crippen molar-refractivity contribution in [1.82, 2.24) is 29.4 Å². The lowest BCUT2D eigenvalue weighted by molar-refractivity contribution is 0.212. The lowest BCUT2D eigenvalue weighted by Crippen LogP contribution is -2.31. The molecule has 176 valence electrons. The predicted octanol–water partition coefficient (Wildman–Crippen LogP) is 2.51. The van der Waals surface area contributed by atoms with Gasteiger partial charge in [0.25, 0.3) is 5.88 Å². The Kier molecular flexibility index (Phi) is 6.37. The van der Waals surface area contributed by atoms with Crippen LogP contribution in [0, 0.1) is 13.8 Å². The number of nitrogens with two attached hydrogens (primary N) is 1. The predicted molar refractivity (Wildman–Crippen MR) is 126 cm³/mol. The van der Waals surface area contributed by atoms with Crippen LogP contribution in [0.5, 0.6) is 11.6 Å². The Morgan fingerprint density at radius 2 is 1.91 bits per heavy atom. The Balaban J connectivity index is 1.62. The molecule has 0 unspecified atom stereocenters. The smallest absolute Gasteiger partial charge is 0.263 e. The molecule has 0 radical (unpaired) electrons. The molecule has 0 amide bonds. The largest absolute Gasteiger partial charge is 0.433 e. The number of aromatic nitrogens is 4. The van der Waals surface area contributed by atoms with E-state index in [0.717, 1.165) is 31.5 Å². The number of nitrogens with zero attached hydrogens (tertiary/aromatic N) is 5. The molecule has 3 heterocycles. The van der Waals surface area contributed by atoms with Gasteiger partial charge in [0.15, 0.2) is 11.6 Å². The number of benzene rings is 1. The third-order valence-corrected chi connectivity index (χ3v) is 7.64. The van der Waals surface area contributed by atoms with E-state index in [4.69, 9.17) is 10.5 Å². The molecule has 1 fully saturated rings. The van der Waals surface area contributed by atoms with Gasteiger partial charge < -0.3 is 15.4 Å². The zero-order chi connectivity index (χ0) is 23.8. The van der Waals surface area contributed by atoms with E-state index in [1.807, 2.05) is 23.9 Å². The van der Waals surface area contributed by atoms with Crippen molar-refractivity contribution in [3.63, 3.8) is 0 Å². The standard InChI is InChI=1S/C22H29N7O3S/c1-14-9-16(10-20(15(14)2)33(30,31)24-3)19-12-25-21(23)22(27-19)32-18-11-26-29(13-18)17-5-7-28(4)8-6-17/h9-13,17,24H,5-8H2,1-4H3,(H2,23,25). The third-order valence-electron chi connectivity index (χ3n) is 6.10. The molecule has 4 rings (SSSR count). The lowest BCUT2D eigenvalue weighted by Gasteiger charge is -2.28. The van der Waals surface area contributed by atoms with E-state index in [1.54, 1.807) is 19.2 Å². The van der Waals surface area contributed by atoms with E-state index >= 15 is 0 Å². The van der Waals surface area contributed by atoms with E-state index in [9.17, 15) is 8.42 Å². The fourth-order valence-electron chi connectivity index (χ4n) is 3.90. The summed E-state index contributed by atoms with van der Waals surface area (Å²) in [5.41, 5.74) is 8.57. The van der Waals surface area contributed by atoms with E-state index in [2.05, 4.69) is 31.7 Å². The highest BCUT2D eigenvalue weighted by Crippen LogP contribution is 2.31. The molecule has 0 spiro atoms. The zero-order valence-corrected chi connectivity index (χ0v) is 20.1. The number of hydrogen-bond donors (Lipinski definition) is 2. The molecule has 2 aromatic heterocycles. The van der Waals surface area contributed by atoms with Gasteiger partial charge in [-0.2, -0.15) is 5.10 Å². The summed E-state index contributed by atoms with van der Waals surface area (Å²) in [4.78, 5) is 11.2. The van der Waals surface area contributed by atoms with Crippen LogP contribution in [0.1, 0.15) is 30.0 Å². The van der Waals surface area contributed by atoms with Crippen LogP contribution in [0.15, 0.2) is 35.6 Å². The van der Waals surface area contributed by atoms with Crippen molar-refractivity contribution in [2.45, 2.75) is 37.6 Å². The van der Waals surface area contributed by atoms with Crippen molar-refractivity contribution in [1.29, 1.82) is 0 Å². The molecule has 0 saturated carbocycles. The van der Waals surface area contributed by atoms with Crippen molar-refractivity contribution in [2.75, 3.05) is 32.9 Å². The van der Waals surface area contributed by atoms with Gasteiger partial charge in [-0.25, -0.2) is 23.1 Å². The molecule has 1 aliphatic rings. The second-order valence-electron chi connectivity index (χ2n) is 8.36. The van der Waals surface area contributed by atoms with E-state index in [0.29, 0.717) is 28.6 Å². The quantitative estimate of drug-likeness (QED) is 0.561. The molecule has 1 saturated heterocycles. The summed E-state index contributed by atoms with van der Waals surface area (Å²) in [7, 11) is -0.122. The van der Waals surface area contributed by atoms with Gasteiger partial charge in [-0.15, -0.1) is 0 Å². The first-order chi connectivity index (χ1) is 15.7. The number of likely N-dealkylation sites (tertiary alicyclic amines) is 1. The second-order valence-corrected chi connectivity index (χ2v) is 10.2. The molecule has 1 aromatic carbocycles. The van der Waals surface area contributed by atoms with Gasteiger partial charge in [-0.05, 0) is 77.1 Å². The van der Waals surface area contributed by atoms with Crippen LogP contribution in [0.25, 0.3) is 11.3 Å². The molecule has 0 atom stereocenters. The van der Waals surface area contributed by atoms with Gasteiger partial charge in [0.1, 0.15) is 0 Å². The molecular formula is C22H29N7O3S. The van der Waals surface area contributed by atoms with Gasteiger partial charge in [0, 0.05) is 5.56 Å². The van der Waals surface area contributed by atoms with E-state index < -0.39 is 10.0 Å².